The second kappa shape index (κ2) is 8.34. The quantitative estimate of drug-likeness (QED) is 0.594. The van der Waals surface area contributed by atoms with E-state index >= 15 is 0 Å². The number of carbonyl (C=O) groups excluding carboxylic acids is 1. The molecule has 1 aromatic rings. The number of hydrogen-bond acceptors (Lipinski definition) is 6. The van der Waals surface area contributed by atoms with Crippen molar-refractivity contribution in [1.82, 2.24) is 5.32 Å². The van der Waals surface area contributed by atoms with Gasteiger partial charge in [-0.1, -0.05) is 6.07 Å². The van der Waals surface area contributed by atoms with E-state index in [1.54, 1.807) is 39.8 Å². The Morgan fingerprint density at radius 2 is 1.92 bits per heavy atom. The topological polar surface area (TPSA) is 90.9 Å². The highest BCUT2D eigenvalue weighted by atomic mass is 32.2. The number of aryl methyl sites for hydroxylation is 1. The van der Waals surface area contributed by atoms with Crippen molar-refractivity contribution in [1.29, 1.82) is 0 Å². The minimum absolute atomic E-state index is 0.0350. The van der Waals surface area contributed by atoms with Gasteiger partial charge >= 0.3 is 16.2 Å². The third-order valence-corrected chi connectivity index (χ3v) is 4.09. The summed E-state index contributed by atoms with van der Waals surface area (Å²) in [6, 6.07) is 4.72. The van der Waals surface area contributed by atoms with Crippen LogP contribution in [0.25, 0.3) is 0 Å². The standard InChI is InChI=1S/C16H25NO6S/c1-6-22-24(19,20)14-8-7-12(2)11-13(14)21-10-9-17-15(18)23-16(3,4)5/h7-8,11H,6,9-10H2,1-5H3,(H,17,18). The first-order valence-electron chi connectivity index (χ1n) is 7.65. The van der Waals surface area contributed by atoms with E-state index in [1.165, 1.54) is 6.07 Å². The van der Waals surface area contributed by atoms with Crippen LogP contribution < -0.4 is 10.1 Å². The zero-order valence-corrected chi connectivity index (χ0v) is 15.5. The fraction of sp³-hybridized carbons (Fsp3) is 0.562. The Labute approximate surface area is 143 Å². The molecule has 0 aliphatic rings. The molecule has 1 N–H and O–H groups in total. The van der Waals surface area contributed by atoms with E-state index in [4.69, 9.17) is 13.7 Å². The van der Waals surface area contributed by atoms with E-state index < -0.39 is 21.8 Å². The SMILES string of the molecule is CCOS(=O)(=O)c1ccc(C)cc1OCCNC(=O)OC(C)(C)C. The lowest BCUT2D eigenvalue weighted by molar-refractivity contribution is 0.0520. The molecule has 24 heavy (non-hydrogen) atoms. The van der Waals surface area contributed by atoms with Crippen molar-refractivity contribution in [3.05, 3.63) is 23.8 Å². The number of nitrogens with one attached hydrogen (secondary N) is 1. The zero-order chi connectivity index (χ0) is 18.4. The average Bonchev–Trinajstić information content (AvgIpc) is 2.41. The van der Waals surface area contributed by atoms with Crippen molar-refractivity contribution in [3.63, 3.8) is 0 Å². The first-order chi connectivity index (χ1) is 11.0. The molecule has 0 radical (unpaired) electrons. The summed E-state index contributed by atoms with van der Waals surface area (Å²) in [5.74, 6) is 0.189. The molecule has 0 aliphatic carbocycles. The van der Waals surface area contributed by atoms with Crippen LogP contribution in [0.15, 0.2) is 23.1 Å². The number of rotatable bonds is 7. The third kappa shape index (κ3) is 6.76. The summed E-state index contributed by atoms with van der Waals surface area (Å²) in [4.78, 5) is 11.5. The summed E-state index contributed by atoms with van der Waals surface area (Å²) in [7, 11) is -3.87. The molecular weight excluding hydrogens is 334 g/mol. The summed E-state index contributed by atoms with van der Waals surface area (Å²) in [6.07, 6.45) is -0.558. The third-order valence-electron chi connectivity index (χ3n) is 2.67. The normalized spacial score (nSPS) is 11.9. The van der Waals surface area contributed by atoms with Crippen LogP contribution in [0, 0.1) is 6.92 Å². The van der Waals surface area contributed by atoms with Crippen molar-refractivity contribution < 1.29 is 26.9 Å². The van der Waals surface area contributed by atoms with Crippen molar-refractivity contribution in [2.45, 2.75) is 45.1 Å². The van der Waals surface area contributed by atoms with Gasteiger partial charge in [-0.05, 0) is 52.3 Å². The fourth-order valence-corrected chi connectivity index (χ4v) is 2.82. The minimum Gasteiger partial charge on any atom is -0.490 e. The molecule has 0 aliphatic heterocycles. The Balaban J connectivity index is 2.68. The molecule has 7 nitrogen and oxygen atoms in total. The average molecular weight is 359 g/mol. The molecule has 136 valence electrons. The molecule has 0 bridgehead atoms. The van der Waals surface area contributed by atoms with Gasteiger partial charge in [0.1, 0.15) is 22.9 Å². The largest absolute Gasteiger partial charge is 0.490 e. The monoisotopic (exact) mass is 359 g/mol. The van der Waals surface area contributed by atoms with Crippen LogP contribution in [0.2, 0.25) is 0 Å². The van der Waals surface area contributed by atoms with Gasteiger partial charge in [-0.25, -0.2) is 4.79 Å². The Hall–Kier alpha value is -1.80. The molecule has 1 aromatic carbocycles. The highest BCUT2D eigenvalue weighted by Gasteiger charge is 2.20. The fourth-order valence-electron chi connectivity index (χ4n) is 1.78. The number of carbonyl (C=O) groups is 1. The van der Waals surface area contributed by atoms with Gasteiger partial charge in [0, 0.05) is 0 Å². The lowest BCUT2D eigenvalue weighted by Gasteiger charge is -2.19. The zero-order valence-electron chi connectivity index (χ0n) is 14.7. The molecule has 8 heteroatoms. The van der Waals surface area contributed by atoms with Gasteiger partial charge in [-0.15, -0.1) is 0 Å². The van der Waals surface area contributed by atoms with Crippen molar-refractivity contribution in [2.24, 2.45) is 0 Å². The van der Waals surface area contributed by atoms with Crippen LogP contribution in [-0.2, 0) is 19.0 Å². The molecule has 0 saturated heterocycles. The predicted molar refractivity (Wildman–Crippen MR) is 89.7 cm³/mol. The molecule has 0 saturated carbocycles. The molecular formula is C16H25NO6S. The molecule has 0 fully saturated rings. The molecule has 1 amide bonds. The van der Waals surface area contributed by atoms with Crippen LogP contribution in [-0.4, -0.2) is 39.9 Å². The van der Waals surface area contributed by atoms with Gasteiger partial charge in [0.05, 0.1) is 13.2 Å². The van der Waals surface area contributed by atoms with Crippen LogP contribution >= 0.6 is 0 Å². The van der Waals surface area contributed by atoms with Gasteiger partial charge < -0.3 is 14.8 Å². The summed E-state index contributed by atoms with van der Waals surface area (Å²) < 4.78 is 39.5. The van der Waals surface area contributed by atoms with E-state index in [1.807, 2.05) is 6.92 Å². The lowest BCUT2D eigenvalue weighted by Crippen LogP contribution is -2.34. The maximum atomic E-state index is 12.1. The van der Waals surface area contributed by atoms with Gasteiger partial charge in [-0.2, -0.15) is 8.42 Å². The van der Waals surface area contributed by atoms with Gasteiger partial charge in [0.25, 0.3) is 0 Å². The van der Waals surface area contributed by atoms with E-state index in [9.17, 15) is 13.2 Å². The Kier molecular flexibility index (Phi) is 7.04. The number of hydrogen-bond donors (Lipinski definition) is 1. The highest BCUT2D eigenvalue weighted by Crippen LogP contribution is 2.26. The van der Waals surface area contributed by atoms with Crippen LogP contribution in [0.4, 0.5) is 4.79 Å². The number of alkyl carbamates (subject to hydrolysis) is 1. The van der Waals surface area contributed by atoms with Crippen LogP contribution in [0.3, 0.4) is 0 Å². The van der Waals surface area contributed by atoms with Gasteiger partial charge in [-0.3, -0.25) is 4.18 Å². The molecule has 1 rings (SSSR count). The first-order valence-corrected chi connectivity index (χ1v) is 9.05. The van der Waals surface area contributed by atoms with Gasteiger partial charge in [0.2, 0.25) is 0 Å². The second-order valence-electron chi connectivity index (χ2n) is 6.09. The smallest absolute Gasteiger partial charge is 0.407 e. The first kappa shape index (κ1) is 20.2. The molecule has 0 unspecified atom stereocenters. The maximum Gasteiger partial charge on any atom is 0.407 e. The molecule has 0 heterocycles. The number of benzene rings is 1. The molecule has 0 spiro atoms. The van der Waals surface area contributed by atoms with Crippen molar-refractivity contribution in [2.75, 3.05) is 19.8 Å². The van der Waals surface area contributed by atoms with E-state index in [0.29, 0.717) is 0 Å². The maximum absolute atomic E-state index is 12.1. The number of amides is 1. The number of ether oxygens (including phenoxy) is 2. The minimum atomic E-state index is -3.87. The Morgan fingerprint density at radius 1 is 1.25 bits per heavy atom. The van der Waals surface area contributed by atoms with E-state index in [-0.39, 0.29) is 30.4 Å². The Bertz CT molecular complexity index is 664. The molecule has 0 aromatic heterocycles. The summed E-state index contributed by atoms with van der Waals surface area (Å²) >= 11 is 0. The van der Waals surface area contributed by atoms with E-state index in [0.717, 1.165) is 5.56 Å². The van der Waals surface area contributed by atoms with Crippen molar-refractivity contribution >= 4 is 16.2 Å². The summed E-state index contributed by atoms with van der Waals surface area (Å²) in [5, 5.41) is 2.54. The van der Waals surface area contributed by atoms with Crippen molar-refractivity contribution in [3.8, 4) is 5.75 Å². The predicted octanol–water partition coefficient (Wildman–Crippen LogP) is 2.62. The van der Waals surface area contributed by atoms with E-state index in [2.05, 4.69) is 5.32 Å². The van der Waals surface area contributed by atoms with Crippen LogP contribution in [0.5, 0.6) is 5.75 Å². The Morgan fingerprint density at radius 3 is 2.50 bits per heavy atom. The highest BCUT2D eigenvalue weighted by molar-refractivity contribution is 7.86. The van der Waals surface area contributed by atoms with Gasteiger partial charge in [0.15, 0.2) is 0 Å². The summed E-state index contributed by atoms with van der Waals surface area (Å²) in [6.45, 7) is 9.02. The second-order valence-corrected chi connectivity index (χ2v) is 7.67. The van der Waals surface area contributed by atoms with Crippen LogP contribution in [0.1, 0.15) is 33.3 Å². The lowest BCUT2D eigenvalue weighted by atomic mass is 10.2. The summed E-state index contributed by atoms with van der Waals surface area (Å²) in [5.41, 5.74) is 0.265. The molecule has 0 atom stereocenters.